The Kier molecular flexibility index (Phi) is 1.97. The zero-order chi connectivity index (χ0) is 9.90. The number of benzene rings is 1. The molecule has 0 N–H and O–H groups in total. The maximum atomic E-state index is 10.6. The molecule has 0 unspecified atom stereocenters. The van der Waals surface area contributed by atoms with Crippen molar-refractivity contribution in [2.75, 3.05) is 0 Å². The molecule has 0 bridgehead atoms. The lowest BCUT2D eigenvalue weighted by atomic mass is 9.99. The van der Waals surface area contributed by atoms with E-state index < -0.39 is 12.2 Å². The number of hydrogen-bond acceptors (Lipinski definition) is 1. The van der Waals surface area contributed by atoms with Gasteiger partial charge in [-0.15, -0.1) is 0 Å². The molecule has 0 amide bonds. The van der Waals surface area contributed by atoms with Gasteiger partial charge >= 0.3 is 0 Å². The van der Waals surface area contributed by atoms with Crippen LogP contribution in [-0.2, 0) is 4.79 Å². The first kappa shape index (κ1) is 5.53. The van der Waals surface area contributed by atoms with Gasteiger partial charge in [0, 0.05) is 7.79 Å². The lowest BCUT2D eigenvalue weighted by molar-refractivity contribution is -0.108. The number of hydrogen-bond donors (Lipinski definition) is 0. The summed E-state index contributed by atoms with van der Waals surface area (Å²) >= 11 is 0. The van der Waals surface area contributed by atoms with Gasteiger partial charge in [-0.3, -0.25) is 0 Å². The highest BCUT2D eigenvalue weighted by Crippen LogP contribution is 2.16. The molecule has 0 saturated carbocycles. The van der Waals surface area contributed by atoms with Gasteiger partial charge in [-0.2, -0.15) is 0 Å². The predicted octanol–water partition coefficient (Wildman–Crippen LogP) is 2.38. The van der Waals surface area contributed by atoms with E-state index in [4.69, 9.17) is 2.74 Å². The van der Waals surface area contributed by atoms with Gasteiger partial charge in [0.25, 0.3) is 0 Å². The Morgan fingerprint density at radius 1 is 1.64 bits per heavy atom. The summed E-state index contributed by atoms with van der Waals surface area (Å²) in [6, 6.07) is 9.13. The minimum absolute atomic E-state index is 0.0585. The fourth-order valence-electron chi connectivity index (χ4n) is 0.933. The van der Waals surface area contributed by atoms with E-state index in [-0.39, 0.29) is 6.42 Å². The number of carbonyl (C=O) groups excluding carboxylic acids is 1. The van der Waals surface area contributed by atoms with Crippen LogP contribution in [0.4, 0.5) is 0 Å². The summed E-state index contributed by atoms with van der Waals surface area (Å²) in [6.45, 7) is 1.65. The van der Waals surface area contributed by atoms with Crippen molar-refractivity contribution in [3.63, 3.8) is 0 Å². The van der Waals surface area contributed by atoms with Crippen molar-refractivity contribution < 1.29 is 7.54 Å². The molecule has 0 aliphatic rings. The molecule has 0 aromatic heterocycles. The average molecular weight is 150 g/mol. The van der Waals surface area contributed by atoms with Crippen molar-refractivity contribution in [1.29, 1.82) is 0 Å². The Morgan fingerprint density at radius 2 is 2.27 bits per heavy atom. The first-order chi connectivity index (χ1) is 6.02. The van der Waals surface area contributed by atoms with Gasteiger partial charge in [0.05, 0.1) is 0 Å². The zero-order valence-corrected chi connectivity index (χ0v) is 6.50. The molecule has 1 heteroatoms. The highest BCUT2D eigenvalue weighted by atomic mass is 16.1. The van der Waals surface area contributed by atoms with E-state index in [2.05, 4.69) is 0 Å². The monoisotopic (exact) mass is 150 g/mol. The molecule has 1 rings (SSSR count). The molecule has 0 heterocycles. The van der Waals surface area contributed by atoms with Crippen LogP contribution in [0.15, 0.2) is 30.3 Å². The van der Waals surface area contributed by atoms with Crippen LogP contribution in [0.25, 0.3) is 0 Å². The molecule has 0 fully saturated rings. The van der Waals surface area contributed by atoms with Gasteiger partial charge in [0.2, 0.25) is 0 Å². The molecule has 0 aliphatic carbocycles. The summed E-state index contributed by atoms with van der Waals surface area (Å²) in [6.07, 6.45) is -0.752. The molecular formula is C10H12O. The topological polar surface area (TPSA) is 17.1 Å². The van der Waals surface area contributed by atoms with Crippen molar-refractivity contribution in [2.45, 2.75) is 19.2 Å². The fraction of sp³-hybridized carbons (Fsp3) is 0.300. The lowest BCUT2D eigenvalue weighted by Gasteiger charge is -2.06. The largest absolute Gasteiger partial charge is 0.303 e. The van der Waals surface area contributed by atoms with E-state index >= 15 is 0 Å². The van der Waals surface area contributed by atoms with Crippen LogP contribution in [0, 0.1) is 0 Å². The Balaban J connectivity index is 2.87. The van der Waals surface area contributed by atoms with E-state index in [0.29, 0.717) is 0 Å². The maximum Gasteiger partial charge on any atom is 0.120 e. The standard InChI is InChI=1S/C10H12O/c1-9(7-8-11)10-5-3-2-4-6-10/h2-6,8-9H,7H2,1H3/t9-/m0/s1/i8D,9D. The second-order valence-electron chi connectivity index (χ2n) is 2.47. The van der Waals surface area contributed by atoms with E-state index in [1.54, 1.807) is 19.1 Å². The Labute approximate surface area is 69.9 Å². The van der Waals surface area contributed by atoms with Crippen LogP contribution < -0.4 is 0 Å². The first-order valence-corrected chi connectivity index (χ1v) is 3.57. The quantitative estimate of drug-likeness (QED) is 0.604. The van der Waals surface area contributed by atoms with E-state index in [0.717, 1.165) is 5.56 Å². The molecule has 58 valence electrons. The van der Waals surface area contributed by atoms with Crippen molar-refractivity contribution in [3.8, 4) is 0 Å². The maximum absolute atomic E-state index is 10.6. The van der Waals surface area contributed by atoms with Crippen molar-refractivity contribution in [3.05, 3.63) is 35.9 Å². The molecule has 0 radical (unpaired) electrons. The summed E-state index contributed by atoms with van der Waals surface area (Å²) in [5, 5.41) is 0. The summed E-state index contributed by atoms with van der Waals surface area (Å²) in [4.78, 5) is 10.6. The summed E-state index contributed by atoms with van der Waals surface area (Å²) < 4.78 is 14.7. The van der Waals surface area contributed by atoms with Gasteiger partial charge in [0.1, 0.15) is 7.63 Å². The van der Waals surface area contributed by atoms with Crippen molar-refractivity contribution in [1.82, 2.24) is 0 Å². The van der Waals surface area contributed by atoms with Crippen molar-refractivity contribution >= 4 is 6.26 Å². The third-order valence-corrected chi connectivity index (χ3v) is 1.60. The molecule has 0 aliphatic heterocycles. The molecule has 1 aromatic rings. The number of rotatable bonds is 3. The second-order valence-corrected chi connectivity index (χ2v) is 2.47. The van der Waals surface area contributed by atoms with Crippen LogP contribution >= 0.6 is 0 Å². The third kappa shape index (κ3) is 2.19. The average Bonchev–Trinajstić information content (AvgIpc) is 2.04. The molecule has 11 heavy (non-hydrogen) atoms. The van der Waals surface area contributed by atoms with Crippen LogP contribution in [-0.4, -0.2) is 6.26 Å². The summed E-state index contributed by atoms with van der Waals surface area (Å²) in [5.74, 6) is -0.972. The minimum atomic E-state index is -0.972. The van der Waals surface area contributed by atoms with Gasteiger partial charge in [0.15, 0.2) is 0 Å². The highest BCUT2D eigenvalue weighted by Gasteiger charge is 2.01. The number of carbonyl (C=O) groups is 1. The number of aldehydes is 1. The van der Waals surface area contributed by atoms with Crippen LogP contribution in [0.5, 0.6) is 0 Å². The Morgan fingerprint density at radius 3 is 2.82 bits per heavy atom. The van der Waals surface area contributed by atoms with Crippen LogP contribution in [0.1, 0.15) is 27.5 Å². The fourth-order valence-corrected chi connectivity index (χ4v) is 0.933. The first-order valence-electron chi connectivity index (χ1n) is 4.57. The van der Waals surface area contributed by atoms with Gasteiger partial charge < -0.3 is 4.79 Å². The minimum Gasteiger partial charge on any atom is -0.303 e. The highest BCUT2D eigenvalue weighted by molar-refractivity contribution is 5.51. The van der Waals surface area contributed by atoms with Crippen LogP contribution in [0.2, 0.25) is 0 Å². The van der Waals surface area contributed by atoms with Gasteiger partial charge in [-0.25, -0.2) is 0 Å². The Hall–Kier alpha value is -1.11. The smallest absolute Gasteiger partial charge is 0.120 e. The molecular weight excluding hydrogens is 136 g/mol. The molecule has 1 aromatic carbocycles. The van der Waals surface area contributed by atoms with Gasteiger partial charge in [-0.1, -0.05) is 37.3 Å². The molecule has 1 nitrogen and oxygen atoms in total. The lowest BCUT2D eigenvalue weighted by Crippen LogP contribution is -1.92. The normalized spacial score (nSPS) is 17.9. The predicted molar refractivity (Wildman–Crippen MR) is 45.5 cm³/mol. The van der Waals surface area contributed by atoms with E-state index in [1.165, 1.54) is 0 Å². The molecule has 0 saturated heterocycles. The summed E-state index contributed by atoms with van der Waals surface area (Å²) in [5.41, 5.74) is 0.774. The SMILES string of the molecule is [2H]C(=O)C[C@]([2H])(C)c1ccccc1. The van der Waals surface area contributed by atoms with E-state index in [1.807, 2.05) is 18.2 Å². The van der Waals surface area contributed by atoms with E-state index in [9.17, 15) is 4.79 Å². The third-order valence-electron chi connectivity index (χ3n) is 1.60. The van der Waals surface area contributed by atoms with Crippen molar-refractivity contribution in [2.24, 2.45) is 0 Å². The molecule has 0 spiro atoms. The second kappa shape index (κ2) is 3.91. The summed E-state index contributed by atoms with van der Waals surface area (Å²) in [7, 11) is 0. The van der Waals surface area contributed by atoms with Crippen LogP contribution in [0.3, 0.4) is 0 Å². The van der Waals surface area contributed by atoms with Gasteiger partial charge in [-0.05, 0) is 11.5 Å². The Bertz CT molecular complexity index is 293. The molecule has 1 atom stereocenters. The zero-order valence-electron chi connectivity index (χ0n) is 8.50.